The maximum absolute atomic E-state index is 11.9. The summed E-state index contributed by atoms with van der Waals surface area (Å²) < 4.78 is 0. The van der Waals surface area contributed by atoms with Gasteiger partial charge in [-0.3, -0.25) is 0 Å². The zero-order valence-corrected chi connectivity index (χ0v) is 12.2. The van der Waals surface area contributed by atoms with Crippen LogP contribution >= 0.6 is 0 Å². The van der Waals surface area contributed by atoms with Crippen molar-refractivity contribution in [3.8, 4) is 0 Å². The Morgan fingerprint density at radius 2 is 2.00 bits per heavy atom. The van der Waals surface area contributed by atoms with Gasteiger partial charge < -0.3 is 15.7 Å². The molecule has 5 heteroatoms. The molecule has 1 aromatic rings. The molecule has 0 aliphatic heterocycles. The molecule has 0 heterocycles. The van der Waals surface area contributed by atoms with E-state index in [1.54, 1.807) is 19.1 Å². The predicted molar refractivity (Wildman–Crippen MR) is 79.3 cm³/mol. The van der Waals surface area contributed by atoms with Gasteiger partial charge in [0.15, 0.2) is 0 Å². The van der Waals surface area contributed by atoms with E-state index in [1.165, 1.54) is 6.07 Å². The number of nitrogens with one attached hydrogen (secondary N) is 2. The van der Waals surface area contributed by atoms with Crippen LogP contribution in [0.15, 0.2) is 18.2 Å². The Labute approximate surface area is 119 Å². The SMILES string of the molecule is CCCC(CC)NC(=O)Nc1cccc(C(=O)O)c1C. The third kappa shape index (κ3) is 4.26. The second-order valence-electron chi connectivity index (χ2n) is 4.78. The lowest BCUT2D eigenvalue weighted by Crippen LogP contribution is -2.37. The van der Waals surface area contributed by atoms with Gasteiger partial charge in [0.25, 0.3) is 0 Å². The number of hydrogen-bond acceptors (Lipinski definition) is 2. The van der Waals surface area contributed by atoms with Crippen molar-refractivity contribution in [3.63, 3.8) is 0 Å². The molecule has 0 spiro atoms. The first-order valence-corrected chi connectivity index (χ1v) is 6.90. The Hall–Kier alpha value is -2.04. The molecule has 5 nitrogen and oxygen atoms in total. The number of carboxylic acids is 1. The van der Waals surface area contributed by atoms with E-state index in [0.717, 1.165) is 19.3 Å². The average molecular weight is 278 g/mol. The van der Waals surface area contributed by atoms with Crippen molar-refractivity contribution < 1.29 is 14.7 Å². The summed E-state index contributed by atoms with van der Waals surface area (Å²) in [5.74, 6) is -0.996. The van der Waals surface area contributed by atoms with Gasteiger partial charge in [0.2, 0.25) is 0 Å². The first-order valence-electron chi connectivity index (χ1n) is 6.90. The molecule has 2 amide bonds. The van der Waals surface area contributed by atoms with Crippen molar-refractivity contribution in [3.05, 3.63) is 29.3 Å². The zero-order valence-electron chi connectivity index (χ0n) is 12.2. The van der Waals surface area contributed by atoms with Crippen molar-refractivity contribution in [1.29, 1.82) is 0 Å². The number of carboxylic acid groups (broad SMARTS) is 1. The highest BCUT2D eigenvalue weighted by molar-refractivity contribution is 5.95. The first kappa shape index (κ1) is 16.0. The molecule has 0 aliphatic rings. The van der Waals surface area contributed by atoms with Crippen LogP contribution in [0.2, 0.25) is 0 Å². The van der Waals surface area contributed by atoms with E-state index in [0.29, 0.717) is 11.3 Å². The smallest absolute Gasteiger partial charge is 0.336 e. The van der Waals surface area contributed by atoms with E-state index in [1.807, 2.05) is 6.92 Å². The number of urea groups is 1. The molecule has 0 saturated carbocycles. The van der Waals surface area contributed by atoms with Gasteiger partial charge in [0, 0.05) is 11.7 Å². The number of rotatable bonds is 6. The van der Waals surface area contributed by atoms with Gasteiger partial charge in [-0.05, 0) is 37.5 Å². The van der Waals surface area contributed by atoms with Crippen LogP contribution in [-0.4, -0.2) is 23.1 Å². The summed E-state index contributed by atoms with van der Waals surface area (Å²) in [4.78, 5) is 23.0. The molecule has 20 heavy (non-hydrogen) atoms. The molecule has 110 valence electrons. The van der Waals surface area contributed by atoms with Crippen molar-refractivity contribution >= 4 is 17.7 Å². The fourth-order valence-electron chi connectivity index (χ4n) is 2.07. The fraction of sp³-hybridized carbons (Fsp3) is 0.467. The van der Waals surface area contributed by atoms with E-state index in [2.05, 4.69) is 17.6 Å². The Bertz CT molecular complexity index is 486. The van der Waals surface area contributed by atoms with E-state index in [9.17, 15) is 9.59 Å². The molecular formula is C15H22N2O3. The van der Waals surface area contributed by atoms with Crippen molar-refractivity contribution in [2.75, 3.05) is 5.32 Å². The number of amides is 2. The Balaban J connectivity index is 2.76. The third-order valence-corrected chi connectivity index (χ3v) is 3.28. The van der Waals surface area contributed by atoms with Crippen LogP contribution in [0.25, 0.3) is 0 Å². The van der Waals surface area contributed by atoms with E-state index < -0.39 is 5.97 Å². The topological polar surface area (TPSA) is 78.4 Å². The number of anilines is 1. The van der Waals surface area contributed by atoms with E-state index in [4.69, 9.17) is 5.11 Å². The van der Waals surface area contributed by atoms with Gasteiger partial charge in [0.05, 0.1) is 5.56 Å². The summed E-state index contributed by atoms with van der Waals surface area (Å²) in [6.45, 7) is 5.78. The van der Waals surface area contributed by atoms with Crippen LogP contribution < -0.4 is 10.6 Å². The molecule has 0 aromatic heterocycles. The molecular weight excluding hydrogens is 256 g/mol. The maximum atomic E-state index is 11.9. The average Bonchev–Trinajstić information content (AvgIpc) is 2.40. The summed E-state index contributed by atoms with van der Waals surface area (Å²) in [5.41, 5.74) is 1.27. The van der Waals surface area contributed by atoms with Gasteiger partial charge in [-0.1, -0.05) is 26.3 Å². The first-order chi connectivity index (χ1) is 9.49. The van der Waals surface area contributed by atoms with Crippen LogP contribution in [0.3, 0.4) is 0 Å². The molecule has 0 radical (unpaired) electrons. The fourth-order valence-corrected chi connectivity index (χ4v) is 2.07. The van der Waals surface area contributed by atoms with E-state index >= 15 is 0 Å². The minimum Gasteiger partial charge on any atom is -0.478 e. The molecule has 1 atom stereocenters. The molecule has 0 bridgehead atoms. The Kier molecular flexibility index (Phi) is 6.03. The molecule has 0 aliphatic carbocycles. The van der Waals surface area contributed by atoms with Crippen LogP contribution in [0, 0.1) is 6.92 Å². The molecule has 3 N–H and O–H groups in total. The minimum absolute atomic E-state index is 0.142. The monoisotopic (exact) mass is 278 g/mol. The summed E-state index contributed by atoms with van der Waals surface area (Å²) in [5, 5.41) is 14.7. The van der Waals surface area contributed by atoms with Gasteiger partial charge in [-0.2, -0.15) is 0 Å². The number of carbonyl (C=O) groups is 2. The van der Waals surface area contributed by atoms with Crippen molar-refractivity contribution in [1.82, 2.24) is 5.32 Å². The van der Waals surface area contributed by atoms with Gasteiger partial charge in [-0.15, -0.1) is 0 Å². The highest BCUT2D eigenvalue weighted by atomic mass is 16.4. The highest BCUT2D eigenvalue weighted by Gasteiger charge is 2.13. The summed E-state index contributed by atoms with van der Waals surface area (Å²) in [7, 11) is 0. The molecule has 1 aromatic carbocycles. The summed E-state index contributed by atoms with van der Waals surface area (Å²) in [6, 6.07) is 4.68. The van der Waals surface area contributed by atoms with E-state index in [-0.39, 0.29) is 17.6 Å². The Morgan fingerprint density at radius 3 is 2.55 bits per heavy atom. The molecule has 1 rings (SSSR count). The summed E-state index contributed by atoms with van der Waals surface area (Å²) in [6.07, 6.45) is 2.81. The van der Waals surface area contributed by atoms with Crippen LogP contribution in [0.5, 0.6) is 0 Å². The lowest BCUT2D eigenvalue weighted by Gasteiger charge is -2.17. The third-order valence-electron chi connectivity index (χ3n) is 3.28. The second kappa shape index (κ2) is 7.53. The summed E-state index contributed by atoms with van der Waals surface area (Å²) >= 11 is 0. The molecule has 0 saturated heterocycles. The maximum Gasteiger partial charge on any atom is 0.336 e. The van der Waals surface area contributed by atoms with Crippen molar-refractivity contribution in [2.45, 2.75) is 46.1 Å². The quantitative estimate of drug-likeness (QED) is 0.746. The lowest BCUT2D eigenvalue weighted by atomic mass is 10.1. The number of benzene rings is 1. The van der Waals surface area contributed by atoms with Crippen molar-refractivity contribution in [2.24, 2.45) is 0 Å². The predicted octanol–water partition coefficient (Wildman–Crippen LogP) is 3.39. The highest BCUT2D eigenvalue weighted by Crippen LogP contribution is 2.19. The van der Waals surface area contributed by atoms with Gasteiger partial charge in [-0.25, -0.2) is 9.59 Å². The molecule has 1 unspecified atom stereocenters. The van der Waals surface area contributed by atoms with Gasteiger partial charge in [0.1, 0.15) is 0 Å². The minimum atomic E-state index is -0.996. The van der Waals surface area contributed by atoms with Crippen LogP contribution in [0.4, 0.5) is 10.5 Å². The number of aromatic carboxylic acids is 1. The van der Waals surface area contributed by atoms with Crippen LogP contribution in [-0.2, 0) is 0 Å². The van der Waals surface area contributed by atoms with Crippen LogP contribution in [0.1, 0.15) is 49.0 Å². The standard InChI is InChI=1S/C15H22N2O3/c1-4-7-11(5-2)16-15(20)17-13-9-6-8-12(10(13)3)14(18)19/h6,8-9,11H,4-5,7H2,1-3H3,(H,18,19)(H2,16,17,20). The molecule has 0 fully saturated rings. The number of carbonyl (C=O) groups excluding carboxylic acids is 1. The largest absolute Gasteiger partial charge is 0.478 e. The zero-order chi connectivity index (χ0) is 15.1. The Morgan fingerprint density at radius 1 is 1.30 bits per heavy atom. The normalized spacial score (nSPS) is 11.8. The second-order valence-corrected chi connectivity index (χ2v) is 4.78. The lowest BCUT2D eigenvalue weighted by molar-refractivity contribution is 0.0696. The number of hydrogen-bond donors (Lipinski definition) is 3. The van der Waals surface area contributed by atoms with Gasteiger partial charge >= 0.3 is 12.0 Å².